The molecule has 3 heterocycles. The number of rotatable bonds is 1. The molecule has 180 valence electrons. The minimum atomic E-state index is -0.0320. The summed E-state index contributed by atoms with van der Waals surface area (Å²) in [4.78, 5) is 2.96. The molecule has 36 heavy (non-hydrogen) atoms. The van der Waals surface area contributed by atoms with Gasteiger partial charge in [-0.15, -0.1) is 0 Å². The fraction of sp³-hybridized carbons (Fsp3) is 0.394. The maximum absolute atomic E-state index is 6.84. The highest BCUT2D eigenvalue weighted by Crippen LogP contribution is 2.66. The zero-order valence-corrected chi connectivity index (χ0v) is 21.6. The van der Waals surface area contributed by atoms with E-state index in [2.05, 4.69) is 105 Å². The van der Waals surface area contributed by atoms with E-state index < -0.39 is 0 Å². The number of benzene rings is 3. The third kappa shape index (κ3) is 2.36. The summed E-state index contributed by atoms with van der Waals surface area (Å²) in [5.41, 5.74) is 7.69. The van der Waals surface area contributed by atoms with E-state index in [0.29, 0.717) is 18.4 Å². The lowest BCUT2D eigenvalue weighted by Crippen LogP contribution is -2.73. The van der Waals surface area contributed by atoms with E-state index in [0.717, 1.165) is 12.2 Å². The van der Waals surface area contributed by atoms with Crippen LogP contribution < -0.4 is 20.6 Å². The van der Waals surface area contributed by atoms with Gasteiger partial charge >= 0.3 is 0 Å². The first-order chi connectivity index (χ1) is 17.5. The monoisotopic (exact) mass is 471 g/mol. The van der Waals surface area contributed by atoms with Gasteiger partial charge in [0.05, 0.1) is 5.76 Å². The molecule has 5 atom stereocenters. The molecule has 0 saturated heterocycles. The number of anilines is 1. The Kier molecular flexibility index (Phi) is 4.05. The zero-order valence-electron chi connectivity index (χ0n) is 21.6. The summed E-state index contributed by atoms with van der Waals surface area (Å²) in [6.07, 6.45) is 8.78. The molecule has 5 unspecified atom stereocenters. The van der Waals surface area contributed by atoms with Crippen LogP contribution in [0.1, 0.15) is 69.9 Å². The largest absolute Gasteiger partial charge is 0.463 e. The minimum absolute atomic E-state index is 0.0320. The average molecular weight is 471 g/mol. The normalized spacial score (nSPS) is 35.1. The quantitative estimate of drug-likeness (QED) is 0.386. The number of fused-ring (bicyclic) bond motifs is 7. The van der Waals surface area contributed by atoms with E-state index in [1.807, 2.05) is 0 Å². The maximum Gasteiger partial charge on any atom is 0.230 e. The van der Waals surface area contributed by atoms with Gasteiger partial charge in [0.1, 0.15) is 5.75 Å². The highest BCUT2D eigenvalue weighted by Gasteiger charge is 2.68. The molecular formula is C33H34BNO. The van der Waals surface area contributed by atoms with Gasteiger partial charge in [0, 0.05) is 33.9 Å². The second-order valence-electron chi connectivity index (χ2n) is 12.6. The van der Waals surface area contributed by atoms with Crippen LogP contribution in [0.3, 0.4) is 0 Å². The third-order valence-corrected chi connectivity index (χ3v) is 11.0. The van der Waals surface area contributed by atoms with Gasteiger partial charge in [-0.1, -0.05) is 86.5 Å². The molecule has 0 radical (unpaired) electrons. The molecule has 0 aromatic heterocycles. The lowest BCUT2D eigenvalue weighted by Gasteiger charge is -2.63. The highest BCUT2D eigenvalue weighted by atomic mass is 16.5. The van der Waals surface area contributed by atoms with Crippen LogP contribution in [-0.2, 0) is 5.41 Å². The molecular weight excluding hydrogens is 437 g/mol. The Morgan fingerprint density at radius 2 is 1.58 bits per heavy atom. The molecule has 8 rings (SSSR count). The summed E-state index contributed by atoms with van der Waals surface area (Å²) in [6, 6.07) is 27.2. The van der Waals surface area contributed by atoms with E-state index in [1.165, 1.54) is 47.9 Å². The summed E-state index contributed by atoms with van der Waals surface area (Å²) in [5, 5.41) is 0. The van der Waals surface area contributed by atoms with E-state index in [-0.39, 0.29) is 16.5 Å². The molecule has 3 heteroatoms. The van der Waals surface area contributed by atoms with Gasteiger partial charge < -0.3 is 9.64 Å². The van der Waals surface area contributed by atoms with Crippen LogP contribution in [0.4, 0.5) is 5.69 Å². The summed E-state index contributed by atoms with van der Waals surface area (Å²) in [6.45, 7) is 8.08. The van der Waals surface area contributed by atoms with E-state index in [4.69, 9.17) is 4.74 Å². The van der Waals surface area contributed by atoms with Crippen LogP contribution in [0.5, 0.6) is 5.75 Å². The SMILES string of the molecule is CC12CC(c3ccccc3)C=C3Oc4ccccc4B(c4cccc5c4N1C1(C)CCCCC51C)C32. The smallest absolute Gasteiger partial charge is 0.230 e. The zero-order chi connectivity index (χ0) is 24.3. The molecule has 0 N–H and O–H groups in total. The van der Waals surface area contributed by atoms with Crippen molar-refractivity contribution in [2.45, 2.75) is 81.1 Å². The van der Waals surface area contributed by atoms with Gasteiger partial charge in [-0.2, -0.15) is 0 Å². The third-order valence-electron chi connectivity index (χ3n) is 11.0. The second kappa shape index (κ2) is 6.88. The van der Waals surface area contributed by atoms with Crippen molar-refractivity contribution in [3.05, 3.63) is 95.8 Å². The Balaban J connectivity index is 1.45. The lowest BCUT2D eigenvalue weighted by molar-refractivity contribution is 0.140. The molecule has 3 aliphatic heterocycles. The van der Waals surface area contributed by atoms with Crippen LogP contribution in [0, 0.1) is 0 Å². The molecule has 1 fully saturated rings. The molecule has 2 aliphatic carbocycles. The molecule has 0 amide bonds. The predicted molar refractivity (Wildman–Crippen MR) is 149 cm³/mol. The number of hydrogen-bond acceptors (Lipinski definition) is 2. The Morgan fingerprint density at radius 1 is 0.833 bits per heavy atom. The van der Waals surface area contributed by atoms with Crippen LogP contribution >= 0.6 is 0 Å². The van der Waals surface area contributed by atoms with Crippen molar-refractivity contribution in [2.24, 2.45) is 0 Å². The standard InChI is InChI=1S/C33H34BNO/c1-31-18-9-10-19-33(31,3)35-29-24(31)14-11-16-26(29)34-25-15-7-8-17-27(25)36-28-20-23(21-32(35,2)30(28)34)22-12-5-4-6-13-22/h4-8,11-17,20,23,30H,9-10,18-19,21H2,1-3H3. The molecule has 3 aromatic rings. The van der Waals surface area contributed by atoms with Crippen molar-refractivity contribution >= 4 is 23.3 Å². The van der Waals surface area contributed by atoms with Gasteiger partial charge in [0.25, 0.3) is 0 Å². The average Bonchev–Trinajstić information content (AvgIpc) is 3.12. The number of para-hydroxylation sites is 2. The summed E-state index contributed by atoms with van der Waals surface area (Å²) >= 11 is 0. The van der Waals surface area contributed by atoms with Crippen LogP contribution in [-0.4, -0.2) is 17.8 Å². The minimum Gasteiger partial charge on any atom is -0.463 e. The van der Waals surface area contributed by atoms with Crippen LogP contribution in [0.2, 0.25) is 5.82 Å². The van der Waals surface area contributed by atoms with E-state index in [9.17, 15) is 0 Å². The summed E-state index contributed by atoms with van der Waals surface area (Å²) in [7, 11) is 0. The Labute approximate surface area is 215 Å². The van der Waals surface area contributed by atoms with Crippen LogP contribution in [0.25, 0.3) is 0 Å². The van der Waals surface area contributed by atoms with Crippen molar-refractivity contribution in [1.29, 1.82) is 0 Å². The predicted octanol–water partition coefficient (Wildman–Crippen LogP) is 6.31. The van der Waals surface area contributed by atoms with E-state index >= 15 is 0 Å². The van der Waals surface area contributed by atoms with Gasteiger partial charge in [0.2, 0.25) is 6.71 Å². The van der Waals surface area contributed by atoms with Gasteiger partial charge in [-0.05, 0) is 67.3 Å². The number of nitrogens with zero attached hydrogens (tertiary/aromatic N) is 1. The number of allylic oxidation sites excluding steroid dienone is 1. The lowest BCUT2D eigenvalue weighted by atomic mass is 9.26. The topological polar surface area (TPSA) is 12.5 Å². The number of ether oxygens (including phenoxy) is 1. The molecule has 1 saturated carbocycles. The van der Waals surface area contributed by atoms with Crippen molar-refractivity contribution in [3.8, 4) is 5.75 Å². The first kappa shape index (κ1) is 21.2. The van der Waals surface area contributed by atoms with Crippen molar-refractivity contribution in [1.82, 2.24) is 0 Å². The van der Waals surface area contributed by atoms with E-state index in [1.54, 1.807) is 11.3 Å². The Morgan fingerprint density at radius 3 is 2.44 bits per heavy atom. The van der Waals surface area contributed by atoms with Gasteiger partial charge in [-0.3, -0.25) is 0 Å². The maximum atomic E-state index is 6.84. The fourth-order valence-electron chi connectivity index (χ4n) is 9.34. The van der Waals surface area contributed by atoms with Crippen molar-refractivity contribution < 1.29 is 4.74 Å². The summed E-state index contributed by atoms with van der Waals surface area (Å²) in [5.74, 6) is 2.89. The molecule has 3 aromatic carbocycles. The number of hydrogen-bond donors (Lipinski definition) is 0. The fourth-order valence-corrected chi connectivity index (χ4v) is 9.34. The highest BCUT2D eigenvalue weighted by molar-refractivity contribution is 6.89. The second-order valence-corrected chi connectivity index (χ2v) is 12.6. The molecule has 5 aliphatic rings. The Bertz CT molecular complexity index is 1430. The van der Waals surface area contributed by atoms with Gasteiger partial charge in [-0.25, -0.2) is 0 Å². The Hall–Kier alpha value is -2.94. The van der Waals surface area contributed by atoms with Crippen molar-refractivity contribution in [2.75, 3.05) is 4.90 Å². The van der Waals surface area contributed by atoms with Gasteiger partial charge in [0.15, 0.2) is 0 Å². The van der Waals surface area contributed by atoms with Crippen molar-refractivity contribution in [3.63, 3.8) is 0 Å². The van der Waals surface area contributed by atoms with Crippen LogP contribution in [0.15, 0.2) is 84.6 Å². The first-order valence-corrected chi connectivity index (χ1v) is 13.9. The summed E-state index contributed by atoms with van der Waals surface area (Å²) < 4.78 is 6.84. The molecule has 2 nitrogen and oxygen atoms in total. The molecule has 0 bridgehead atoms. The first-order valence-electron chi connectivity index (χ1n) is 13.9. The molecule has 0 spiro atoms.